The van der Waals surface area contributed by atoms with E-state index in [4.69, 9.17) is 5.73 Å². The van der Waals surface area contributed by atoms with Crippen LogP contribution in [0, 0.1) is 5.92 Å². The van der Waals surface area contributed by atoms with Crippen LogP contribution in [-0.2, 0) is 4.79 Å². The summed E-state index contributed by atoms with van der Waals surface area (Å²) in [5, 5.41) is 3.42. The van der Waals surface area contributed by atoms with E-state index in [0.717, 1.165) is 26.1 Å². The molecule has 0 aromatic heterocycles. The van der Waals surface area contributed by atoms with Gasteiger partial charge in [-0.05, 0) is 46.2 Å². The number of carbonyl (C=O) groups is 1. The molecule has 3 N–H and O–H groups in total. The molecule has 1 amide bonds. The van der Waals surface area contributed by atoms with Gasteiger partial charge in [0.1, 0.15) is 0 Å². The van der Waals surface area contributed by atoms with E-state index in [1.807, 2.05) is 6.92 Å². The van der Waals surface area contributed by atoms with Gasteiger partial charge in [0, 0.05) is 31.7 Å². The summed E-state index contributed by atoms with van der Waals surface area (Å²) >= 11 is 0. The SMILES string of the molecule is CC1CN(CCC(C)(NC2CC2)C(N)=O)CC1N(C)C. The molecule has 5 heteroatoms. The number of primary amides is 1. The molecule has 0 spiro atoms. The van der Waals surface area contributed by atoms with Crippen LogP contribution in [0.25, 0.3) is 0 Å². The van der Waals surface area contributed by atoms with Crippen molar-refractivity contribution in [3.05, 3.63) is 0 Å². The van der Waals surface area contributed by atoms with Gasteiger partial charge in [0.2, 0.25) is 5.91 Å². The summed E-state index contributed by atoms with van der Waals surface area (Å²) in [7, 11) is 4.29. The van der Waals surface area contributed by atoms with Crippen molar-refractivity contribution >= 4 is 5.91 Å². The molecule has 0 radical (unpaired) electrons. The Morgan fingerprint density at radius 1 is 1.40 bits per heavy atom. The van der Waals surface area contributed by atoms with Crippen LogP contribution < -0.4 is 11.1 Å². The lowest BCUT2D eigenvalue weighted by atomic mass is 9.96. The molecule has 1 aliphatic carbocycles. The topological polar surface area (TPSA) is 61.6 Å². The third-order valence-electron chi connectivity index (χ3n) is 4.88. The van der Waals surface area contributed by atoms with E-state index < -0.39 is 5.54 Å². The molecule has 2 rings (SSSR count). The highest BCUT2D eigenvalue weighted by molar-refractivity contribution is 5.84. The number of hydrogen-bond acceptors (Lipinski definition) is 4. The second-order valence-electron chi connectivity index (χ2n) is 7.13. The molecule has 116 valence electrons. The van der Waals surface area contributed by atoms with Crippen molar-refractivity contribution in [3.63, 3.8) is 0 Å². The molecular weight excluding hydrogens is 252 g/mol. The van der Waals surface area contributed by atoms with E-state index in [-0.39, 0.29) is 5.91 Å². The number of likely N-dealkylation sites (N-methyl/N-ethyl adjacent to an activating group) is 1. The summed E-state index contributed by atoms with van der Waals surface area (Å²) in [6.45, 7) is 7.40. The van der Waals surface area contributed by atoms with Gasteiger partial charge in [-0.1, -0.05) is 6.92 Å². The first-order valence-corrected chi connectivity index (χ1v) is 7.78. The molecule has 1 saturated heterocycles. The normalized spacial score (nSPS) is 30.6. The van der Waals surface area contributed by atoms with Crippen LogP contribution in [0.1, 0.15) is 33.1 Å². The maximum Gasteiger partial charge on any atom is 0.237 e. The van der Waals surface area contributed by atoms with Gasteiger partial charge in [0.05, 0.1) is 5.54 Å². The van der Waals surface area contributed by atoms with Crippen LogP contribution in [0.4, 0.5) is 0 Å². The lowest BCUT2D eigenvalue weighted by Gasteiger charge is -2.30. The number of nitrogens with two attached hydrogens (primary N) is 1. The zero-order valence-electron chi connectivity index (χ0n) is 13.4. The number of carbonyl (C=O) groups excluding carboxylic acids is 1. The van der Waals surface area contributed by atoms with Crippen molar-refractivity contribution in [2.75, 3.05) is 33.7 Å². The Hall–Kier alpha value is -0.650. The number of nitrogens with one attached hydrogen (secondary N) is 1. The predicted molar refractivity (Wildman–Crippen MR) is 81.5 cm³/mol. The van der Waals surface area contributed by atoms with Gasteiger partial charge >= 0.3 is 0 Å². The quantitative estimate of drug-likeness (QED) is 0.703. The molecule has 3 atom stereocenters. The van der Waals surface area contributed by atoms with E-state index in [1.54, 1.807) is 0 Å². The monoisotopic (exact) mass is 282 g/mol. The molecule has 2 fully saturated rings. The van der Waals surface area contributed by atoms with Gasteiger partial charge in [-0.2, -0.15) is 0 Å². The smallest absolute Gasteiger partial charge is 0.237 e. The summed E-state index contributed by atoms with van der Waals surface area (Å²) in [5.74, 6) is 0.460. The third kappa shape index (κ3) is 3.71. The molecule has 3 unspecified atom stereocenters. The van der Waals surface area contributed by atoms with E-state index in [1.165, 1.54) is 12.8 Å². The second kappa shape index (κ2) is 6.00. The van der Waals surface area contributed by atoms with Gasteiger partial charge < -0.3 is 20.9 Å². The Labute approximate surface area is 122 Å². The Morgan fingerprint density at radius 2 is 2.05 bits per heavy atom. The van der Waals surface area contributed by atoms with Crippen LogP contribution in [0.15, 0.2) is 0 Å². The second-order valence-corrected chi connectivity index (χ2v) is 7.13. The summed E-state index contributed by atoms with van der Waals surface area (Å²) < 4.78 is 0. The van der Waals surface area contributed by atoms with Gasteiger partial charge in [-0.15, -0.1) is 0 Å². The Morgan fingerprint density at radius 3 is 2.50 bits per heavy atom. The van der Waals surface area contributed by atoms with Crippen LogP contribution >= 0.6 is 0 Å². The first-order chi connectivity index (χ1) is 9.32. The molecular formula is C15H30N4O. The minimum atomic E-state index is -0.555. The summed E-state index contributed by atoms with van der Waals surface area (Å²) in [4.78, 5) is 16.5. The van der Waals surface area contributed by atoms with Crippen LogP contribution in [0.2, 0.25) is 0 Å². The number of hydrogen-bond donors (Lipinski definition) is 2. The Balaban J connectivity index is 1.85. The summed E-state index contributed by atoms with van der Waals surface area (Å²) in [6.07, 6.45) is 3.14. The molecule has 0 aromatic rings. The highest BCUT2D eigenvalue weighted by Crippen LogP contribution is 2.25. The summed E-state index contributed by atoms with van der Waals surface area (Å²) in [6, 6.07) is 1.12. The van der Waals surface area contributed by atoms with Crippen molar-refractivity contribution in [1.29, 1.82) is 0 Å². The van der Waals surface area contributed by atoms with Gasteiger partial charge in [-0.3, -0.25) is 4.79 Å². The van der Waals surface area contributed by atoms with Crippen LogP contribution in [0.5, 0.6) is 0 Å². The molecule has 2 aliphatic rings. The average Bonchev–Trinajstić information content (AvgIpc) is 3.07. The van der Waals surface area contributed by atoms with E-state index in [2.05, 4.69) is 36.1 Å². The number of rotatable bonds is 7. The zero-order chi connectivity index (χ0) is 14.9. The van der Waals surface area contributed by atoms with Crippen molar-refractivity contribution in [2.24, 2.45) is 11.7 Å². The molecule has 20 heavy (non-hydrogen) atoms. The molecule has 5 nitrogen and oxygen atoms in total. The third-order valence-corrected chi connectivity index (χ3v) is 4.88. The van der Waals surface area contributed by atoms with E-state index in [0.29, 0.717) is 18.0 Å². The van der Waals surface area contributed by atoms with Crippen molar-refractivity contribution < 1.29 is 4.79 Å². The number of amides is 1. The van der Waals surface area contributed by atoms with E-state index >= 15 is 0 Å². The van der Waals surface area contributed by atoms with Crippen molar-refractivity contribution in [3.8, 4) is 0 Å². The predicted octanol–water partition coefficient (Wildman–Crippen LogP) is 0.254. The molecule has 1 aliphatic heterocycles. The van der Waals surface area contributed by atoms with Crippen molar-refractivity contribution in [1.82, 2.24) is 15.1 Å². The first kappa shape index (κ1) is 15.7. The fourth-order valence-corrected chi connectivity index (χ4v) is 3.23. The molecule has 0 bridgehead atoms. The maximum atomic E-state index is 11.8. The average molecular weight is 282 g/mol. The minimum absolute atomic E-state index is 0.221. The standard InChI is InChI=1S/C15H30N4O/c1-11-9-19(10-13(11)18(3)4)8-7-15(2,14(16)20)17-12-5-6-12/h11-13,17H,5-10H2,1-4H3,(H2,16,20). The molecule has 1 heterocycles. The lowest BCUT2D eigenvalue weighted by Crippen LogP contribution is -2.55. The maximum absolute atomic E-state index is 11.8. The minimum Gasteiger partial charge on any atom is -0.368 e. The number of likely N-dealkylation sites (tertiary alicyclic amines) is 1. The largest absolute Gasteiger partial charge is 0.368 e. The molecule has 0 aromatic carbocycles. The fourth-order valence-electron chi connectivity index (χ4n) is 3.23. The van der Waals surface area contributed by atoms with Gasteiger partial charge in [-0.25, -0.2) is 0 Å². The fraction of sp³-hybridized carbons (Fsp3) is 0.933. The number of nitrogens with zero attached hydrogens (tertiary/aromatic N) is 2. The summed E-state index contributed by atoms with van der Waals surface area (Å²) in [5.41, 5.74) is 5.05. The van der Waals surface area contributed by atoms with Gasteiger partial charge in [0.15, 0.2) is 0 Å². The highest BCUT2D eigenvalue weighted by atomic mass is 16.1. The van der Waals surface area contributed by atoms with Crippen LogP contribution in [-0.4, -0.2) is 67.1 Å². The van der Waals surface area contributed by atoms with Gasteiger partial charge in [0.25, 0.3) is 0 Å². The Bertz CT molecular complexity index is 356. The van der Waals surface area contributed by atoms with E-state index in [9.17, 15) is 4.79 Å². The first-order valence-electron chi connectivity index (χ1n) is 7.78. The van der Waals surface area contributed by atoms with Crippen molar-refractivity contribution in [2.45, 2.75) is 50.7 Å². The molecule has 1 saturated carbocycles. The lowest BCUT2D eigenvalue weighted by molar-refractivity contribution is -0.124. The van der Waals surface area contributed by atoms with Crippen LogP contribution in [0.3, 0.4) is 0 Å². The highest BCUT2D eigenvalue weighted by Gasteiger charge is 2.38. The zero-order valence-corrected chi connectivity index (χ0v) is 13.4. The Kier molecular flexibility index (Phi) is 4.72.